The highest BCUT2D eigenvalue weighted by atomic mass is 16.5. The first-order valence-electron chi connectivity index (χ1n) is 2.40. The Kier molecular flexibility index (Phi) is 1.37. The van der Waals surface area contributed by atoms with Gasteiger partial charge in [0.15, 0.2) is 12.0 Å². The topological polar surface area (TPSA) is 26.3 Å². The Morgan fingerprint density at radius 2 is 2.75 bits per heavy atom. The lowest BCUT2D eigenvalue weighted by Crippen LogP contribution is -2.04. The molecule has 2 radical (unpaired) electrons. The third-order valence-corrected chi connectivity index (χ3v) is 0.955. The normalized spacial score (nSPS) is 26.5. The van der Waals surface area contributed by atoms with Crippen LogP contribution in [0.15, 0.2) is 11.8 Å². The molecule has 0 fully saturated rings. The second-order valence-electron chi connectivity index (χ2n) is 1.62. The molecule has 0 aromatic heterocycles. The fraction of sp³-hybridized carbons (Fsp3) is 0.400. The summed E-state index contributed by atoms with van der Waals surface area (Å²) in [5.74, 6) is 0.359. The summed E-state index contributed by atoms with van der Waals surface area (Å²) < 4.78 is 4.78. The summed E-state index contributed by atoms with van der Waals surface area (Å²) in [6, 6.07) is -0.296. The van der Waals surface area contributed by atoms with E-state index in [2.05, 4.69) is 0 Å². The molecule has 1 rings (SSSR count). The van der Waals surface area contributed by atoms with Gasteiger partial charge < -0.3 is 4.74 Å². The number of ether oxygens (including phenoxy) is 1. The van der Waals surface area contributed by atoms with Gasteiger partial charge in [0.1, 0.15) is 7.85 Å². The van der Waals surface area contributed by atoms with E-state index in [1.807, 2.05) is 0 Å². The summed E-state index contributed by atoms with van der Waals surface area (Å²) in [5, 5.41) is 0. The van der Waals surface area contributed by atoms with Gasteiger partial charge in [-0.15, -0.1) is 0 Å². The lowest BCUT2D eigenvalue weighted by molar-refractivity contribution is -0.107. The Morgan fingerprint density at radius 1 is 2.00 bits per heavy atom. The molecule has 0 amide bonds. The van der Waals surface area contributed by atoms with E-state index in [0.717, 1.165) is 0 Å². The van der Waals surface area contributed by atoms with E-state index in [1.165, 1.54) is 0 Å². The predicted molar refractivity (Wildman–Crippen MR) is 29.4 cm³/mol. The minimum Gasteiger partial charge on any atom is -0.497 e. The molecule has 1 unspecified atom stereocenters. The average Bonchev–Trinajstić information content (AvgIpc) is 2.14. The van der Waals surface area contributed by atoms with Crippen molar-refractivity contribution in [2.24, 2.45) is 0 Å². The Bertz CT molecular complexity index is 130. The maximum absolute atomic E-state index is 9.90. The Hall–Kier alpha value is -0.725. The molecule has 8 heavy (non-hydrogen) atoms. The van der Waals surface area contributed by atoms with Crippen LogP contribution < -0.4 is 0 Å². The highest BCUT2D eigenvalue weighted by molar-refractivity contribution is 6.11. The van der Waals surface area contributed by atoms with E-state index < -0.39 is 0 Å². The highest BCUT2D eigenvalue weighted by Gasteiger charge is 2.10. The van der Waals surface area contributed by atoms with Gasteiger partial charge in [-0.3, -0.25) is 4.79 Å². The molecule has 0 saturated heterocycles. The maximum Gasteiger partial charge on any atom is 0.184 e. The average molecular weight is 108 g/mol. The molecule has 0 spiro atoms. The second-order valence-corrected chi connectivity index (χ2v) is 1.62. The van der Waals surface area contributed by atoms with Crippen molar-refractivity contribution in [2.75, 3.05) is 0 Å². The molecule has 0 N–H and O–H groups in total. The van der Waals surface area contributed by atoms with Gasteiger partial charge in [0, 0.05) is 0 Å². The monoisotopic (exact) mass is 108 g/mol. The van der Waals surface area contributed by atoms with E-state index in [4.69, 9.17) is 12.6 Å². The second kappa shape index (κ2) is 2.03. The molecule has 0 bridgehead atoms. The molecular formula is C5H5BO2. The summed E-state index contributed by atoms with van der Waals surface area (Å²) in [7, 11) is 5.27. The Labute approximate surface area is 48.9 Å². The van der Waals surface area contributed by atoms with Gasteiger partial charge in [0.25, 0.3) is 0 Å². The Morgan fingerprint density at radius 3 is 3.00 bits per heavy atom. The first-order valence-corrected chi connectivity index (χ1v) is 2.40. The van der Waals surface area contributed by atoms with Crippen LogP contribution in [0.5, 0.6) is 0 Å². The fourth-order valence-corrected chi connectivity index (χ4v) is 0.579. The Balaban J connectivity index is 2.49. The zero-order valence-electron chi connectivity index (χ0n) is 4.33. The number of carbonyl (C=O) groups excluding carboxylic acids is 1. The number of hydrogen-bond donors (Lipinski definition) is 0. The summed E-state index contributed by atoms with van der Waals surface area (Å²) in [6.07, 6.45) is 2.98. The number of rotatable bonds is 1. The molecule has 0 saturated carbocycles. The molecule has 40 valence electrons. The molecule has 0 aromatic rings. The van der Waals surface area contributed by atoms with Crippen LogP contribution >= 0.6 is 0 Å². The van der Waals surface area contributed by atoms with Crippen molar-refractivity contribution < 1.29 is 9.53 Å². The van der Waals surface area contributed by atoms with Crippen LogP contribution in [-0.2, 0) is 9.53 Å². The molecule has 3 heteroatoms. The molecule has 1 heterocycles. The van der Waals surface area contributed by atoms with Crippen molar-refractivity contribution in [2.45, 2.75) is 12.4 Å². The lowest BCUT2D eigenvalue weighted by atomic mass is 9.98. The summed E-state index contributed by atoms with van der Waals surface area (Å²) in [6.45, 7) is 0. The van der Waals surface area contributed by atoms with Gasteiger partial charge in [0.2, 0.25) is 0 Å². The van der Waals surface area contributed by atoms with E-state index in [0.29, 0.717) is 18.5 Å². The standard InChI is InChI=1S/C5H5BO2/c6-5-2-1-4(3-7)8-5/h1,3,5H,2H2. The first-order chi connectivity index (χ1) is 3.83. The zero-order chi connectivity index (χ0) is 5.98. The van der Waals surface area contributed by atoms with Crippen molar-refractivity contribution in [3.63, 3.8) is 0 Å². The van der Waals surface area contributed by atoms with Crippen LogP contribution in [0.2, 0.25) is 0 Å². The van der Waals surface area contributed by atoms with E-state index in [-0.39, 0.29) is 6.00 Å². The van der Waals surface area contributed by atoms with Gasteiger partial charge in [-0.2, -0.15) is 0 Å². The largest absolute Gasteiger partial charge is 0.497 e. The van der Waals surface area contributed by atoms with Crippen molar-refractivity contribution in [3.8, 4) is 0 Å². The van der Waals surface area contributed by atoms with E-state index >= 15 is 0 Å². The van der Waals surface area contributed by atoms with Crippen molar-refractivity contribution >= 4 is 14.1 Å². The van der Waals surface area contributed by atoms with Crippen LogP contribution in [0, 0.1) is 0 Å². The van der Waals surface area contributed by atoms with Gasteiger partial charge in [0.05, 0.1) is 6.00 Å². The molecule has 0 aromatic carbocycles. The van der Waals surface area contributed by atoms with Crippen LogP contribution in [0.25, 0.3) is 0 Å². The lowest BCUT2D eigenvalue weighted by Gasteiger charge is -2.01. The minimum absolute atomic E-state index is 0.296. The first kappa shape index (κ1) is 5.41. The van der Waals surface area contributed by atoms with Gasteiger partial charge in [-0.1, -0.05) is 0 Å². The third kappa shape index (κ3) is 0.913. The molecule has 0 aliphatic carbocycles. The third-order valence-electron chi connectivity index (χ3n) is 0.955. The molecule has 1 aliphatic rings. The van der Waals surface area contributed by atoms with Gasteiger partial charge >= 0.3 is 0 Å². The van der Waals surface area contributed by atoms with Crippen molar-refractivity contribution in [1.82, 2.24) is 0 Å². The number of allylic oxidation sites excluding steroid dienone is 1. The fourth-order valence-electron chi connectivity index (χ4n) is 0.579. The zero-order valence-corrected chi connectivity index (χ0v) is 4.33. The molecule has 1 aliphatic heterocycles. The smallest absolute Gasteiger partial charge is 0.184 e. The SMILES string of the molecule is [B]C1CC=C(C=O)O1. The van der Waals surface area contributed by atoms with E-state index in [9.17, 15) is 4.79 Å². The van der Waals surface area contributed by atoms with Gasteiger partial charge in [-0.05, 0) is 12.5 Å². The highest BCUT2D eigenvalue weighted by Crippen LogP contribution is 2.11. The quantitative estimate of drug-likeness (QED) is 0.348. The predicted octanol–water partition coefficient (Wildman–Crippen LogP) is -0.0159. The van der Waals surface area contributed by atoms with Crippen molar-refractivity contribution in [3.05, 3.63) is 11.8 Å². The van der Waals surface area contributed by atoms with Crippen LogP contribution in [0.3, 0.4) is 0 Å². The van der Waals surface area contributed by atoms with Crippen LogP contribution in [0.4, 0.5) is 0 Å². The number of aldehydes is 1. The summed E-state index contributed by atoms with van der Waals surface area (Å²) in [5.41, 5.74) is 0. The minimum atomic E-state index is -0.296. The molecule has 1 atom stereocenters. The number of hydrogen-bond acceptors (Lipinski definition) is 2. The molecular weight excluding hydrogens is 103 g/mol. The molecule has 2 nitrogen and oxygen atoms in total. The number of carbonyl (C=O) groups is 1. The summed E-state index contributed by atoms with van der Waals surface area (Å²) in [4.78, 5) is 9.90. The van der Waals surface area contributed by atoms with Crippen molar-refractivity contribution in [1.29, 1.82) is 0 Å². The van der Waals surface area contributed by atoms with E-state index in [1.54, 1.807) is 6.08 Å². The van der Waals surface area contributed by atoms with Crippen LogP contribution in [0.1, 0.15) is 6.42 Å². The van der Waals surface area contributed by atoms with Gasteiger partial charge in [-0.25, -0.2) is 0 Å². The maximum atomic E-state index is 9.90. The summed E-state index contributed by atoms with van der Waals surface area (Å²) >= 11 is 0. The van der Waals surface area contributed by atoms with Crippen LogP contribution in [-0.4, -0.2) is 20.1 Å².